The first kappa shape index (κ1) is 13.2. The molecule has 2 aromatic heterocycles. The molecule has 5 nitrogen and oxygen atoms in total. The van der Waals surface area contributed by atoms with Crippen molar-refractivity contribution in [3.63, 3.8) is 0 Å². The smallest absolute Gasteiger partial charge is 0.138 e. The van der Waals surface area contributed by atoms with Crippen molar-refractivity contribution in [2.75, 3.05) is 13.1 Å². The van der Waals surface area contributed by atoms with E-state index in [1.165, 1.54) is 16.8 Å². The van der Waals surface area contributed by atoms with Crippen molar-refractivity contribution in [3.05, 3.63) is 40.3 Å². The fraction of sp³-hybridized carbons (Fsp3) is 0.533. The van der Waals surface area contributed by atoms with E-state index in [0.29, 0.717) is 0 Å². The second kappa shape index (κ2) is 5.32. The summed E-state index contributed by atoms with van der Waals surface area (Å²) in [6, 6.07) is 0. The number of aromatic nitrogens is 3. The van der Waals surface area contributed by atoms with E-state index in [1.807, 2.05) is 13.8 Å². The molecule has 3 rings (SSSR count). The highest BCUT2D eigenvalue weighted by Gasteiger charge is 2.19. The Kier molecular flexibility index (Phi) is 3.53. The maximum absolute atomic E-state index is 5.25. The van der Waals surface area contributed by atoms with Gasteiger partial charge in [-0.15, -0.1) is 0 Å². The SMILES string of the molecule is Cc1ncnc2c1CCN(Cc1c(C)noc1C)CC2. The van der Waals surface area contributed by atoms with Crippen molar-refractivity contribution >= 4 is 0 Å². The molecule has 5 heteroatoms. The molecule has 0 amide bonds. The Morgan fingerprint density at radius 2 is 1.90 bits per heavy atom. The lowest BCUT2D eigenvalue weighted by Gasteiger charge is -2.19. The molecule has 0 saturated carbocycles. The van der Waals surface area contributed by atoms with Gasteiger partial charge in [0.25, 0.3) is 0 Å². The van der Waals surface area contributed by atoms with Crippen LogP contribution in [0.3, 0.4) is 0 Å². The monoisotopic (exact) mass is 272 g/mol. The number of hydrogen-bond donors (Lipinski definition) is 0. The molecule has 0 aliphatic carbocycles. The van der Waals surface area contributed by atoms with Crippen molar-refractivity contribution in [2.45, 2.75) is 40.2 Å². The minimum absolute atomic E-state index is 0.904. The second-order valence-corrected chi connectivity index (χ2v) is 5.46. The summed E-state index contributed by atoms with van der Waals surface area (Å²) in [4.78, 5) is 11.2. The van der Waals surface area contributed by atoms with Crippen LogP contribution in [0.4, 0.5) is 0 Å². The molecule has 0 atom stereocenters. The molecule has 1 aliphatic heterocycles. The van der Waals surface area contributed by atoms with Crippen LogP contribution in [0.15, 0.2) is 10.9 Å². The number of fused-ring (bicyclic) bond motifs is 1. The van der Waals surface area contributed by atoms with E-state index in [4.69, 9.17) is 4.52 Å². The maximum atomic E-state index is 5.25. The fourth-order valence-corrected chi connectivity index (χ4v) is 2.85. The van der Waals surface area contributed by atoms with E-state index in [-0.39, 0.29) is 0 Å². The Morgan fingerprint density at radius 1 is 1.10 bits per heavy atom. The molecule has 0 fully saturated rings. The minimum atomic E-state index is 0.904. The average Bonchev–Trinajstić information content (AvgIpc) is 2.65. The van der Waals surface area contributed by atoms with Gasteiger partial charge < -0.3 is 4.52 Å². The van der Waals surface area contributed by atoms with Gasteiger partial charge in [0.1, 0.15) is 12.1 Å². The normalized spacial score (nSPS) is 15.9. The quantitative estimate of drug-likeness (QED) is 0.837. The van der Waals surface area contributed by atoms with Gasteiger partial charge in [-0.25, -0.2) is 9.97 Å². The highest BCUT2D eigenvalue weighted by atomic mass is 16.5. The van der Waals surface area contributed by atoms with Gasteiger partial charge in [0, 0.05) is 43.0 Å². The number of hydrogen-bond acceptors (Lipinski definition) is 5. The lowest BCUT2D eigenvalue weighted by atomic mass is 10.1. The predicted molar refractivity (Wildman–Crippen MR) is 75.4 cm³/mol. The van der Waals surface area contributed by atoms with Crippen molar-refractivity contribution in [3.8, 4) is 0 Å². The molecule has 106 valence electrons. The van der Waals surface area contributed by atoms with Crippen LogP contribution in [0.25, 0.3) is 0 Å². The molecule has 1 aliphatic rings. The molecule has 2 aromatic rings. The van der Waals surface area contributed by atoms with E-state index < -0.39 is 0 Å². The van der Waals surface area contributed by atoms with Gasteiger partial charge in [-0.2, -0.15) is 0 Å². The first-order valence-electron chi connectivity index (χ1n) is 7.08. The minimum Gasteiger partial charge on any atom is -0.361 e. The van der Waals surface area contributed by atoms with Crippen LogP contribution in [0.5, 0.6) is 0 Å². The summed E-state index contributed by atoms with van der Waals surface area (Å²) in [5.74, 6) is 0.931. The van der Waals surface area contributed by atoms with Crippen molar-refractivity contribution in [1.82, 2.24) is 20.0 Å². The lowest BCUT2D eigenvalue weighted by Crippen LogP contribution is -2.26. The maximum Gasteiger partial charge on any atom is 0.138 e. The topological polar surface area (TPSA) is 55.1 Å². The molecule has 0 unspecified atom stereocenters. The highest BCUT2D eigenvalue weighted by Crippen LogP contribution is 2.19. The third-order valence-electron chi connectivity index (χ3n) is 4.16. The summed E-state index contributed by atoms with van der Waals surface area (Å²) >= 11 is 0. The standard InChI is InChI=1S/C15H20N4O/c1-10-13-4-6-19(7-5-15(13)17-9-16-10)8-14-11(2)18-20-12(14)3/h9H,4-8H2,1-3H3. The van der Waals surface area contributed by atoms with Crippen LogP contribution in [-0.2, 0) is 19.4 Å². The molecule has 0 aromatic carbocycles. The summed E-state index contributed by atoms with van der Waals surface area (Å²) in [6.07, 6.45) is 3.69. The summed E-state index contributed by atoms with van der Waals surface area (Å²) in [5, 5.41) is 4.03. The van der Waals surface area contributed by atoms with Crippen molar-refractivity contribution < 1.29 is 4.52 Å². The van der Waals surface area contributed by atoms with Crippen LogP contribution in [0.1, 0.15) is 34.0 Å². The molecule has 0 spiro atoms. The largest absolute Gasteiger partial charge is 0.361 e. The number of nitrogens with zero attached hydrogens (tertiary/aromatic N) is 4. The number of aryl methyl sites for hydroxylation is 3. The van der Waals surface area contributed by atoms with Crippen LogP contribution in [0, 0.1) is 20.8 Å². The molecular formula is C15H20N4O. The molecule has 0 radical (unpaired) electrons. The summed E-state index contributed by atoms with van der Waals surface area (Å²) in [5.41, 5.74) is 5.88. The third-order valence-corrected chi connectivity index (χ3v) is 4.16. The second-order valence-electron chi connectivity index (χ2n) is 5.46. The third kappa shape index (κ3) is 2.45. The van der Waals surface area contributed by atoms with E-state index >= 15 is 0 Å². The number of rotatable bonds is 2. The van der Waals surface area contributed by atoms with Gasteiger partial charge in [0.05, 0.1) is 5.69 Å². The van der Waals surface area contributed by atoms with E-state index in [1.54, 1.807) is 6.33 Å². The molecule has 0 saturated heterocycles. The molecule has 0 bridgehead atoms. The van der Waals surface area contributed by atoms with Crippen LogP contribution >= 0.6 is 0 Å². The van der Waals surface area contributed by atoms with Gasteiger partial charge in [-0.05, 0) is 32.8 Å². The molecule has 0 N–H and O–H groups in total. The lowest BCUT2D eigenvalue weighted by molar-refractivity contribution is 0.276. The summed E-state index contributed by atoms with van der Waals surface area (Å²) < 4.78 is 5.25. The van der Waals surface area contributed by atoms with E-state index in [2.05, 4.69) is 26.9 Å². The highest BCUT2D eigenvalue weighted by molar-refractivity contribution is 5.26. The van der Waals surface area contributed by atoms with Crippen molar-refractivity contribution in [2.24, 2.45) is 0 Å². The van der Waals surface area contributed by atoms with Crippen LogP contribution < -0.4 is 0 Å². The fourth-order valence-electron chi connectivity index (χ4n) is 2.85. The molecule has 3 heterocycles. The molecular weight excluding hydrogens is 252 g/mol. The Labute approximate surface area is 119 Å². The molecule has 20 heavy (non-hydrogen) atoms. The van der Waals surface area contributed by atoms with Crippen molar-refractivity contribution in [1.29, 1.82) is 0 Å². The van der Waals surface area contributed by atoms with Gasteiger partial charge in [0.2, 0.25) is 0 Å². The zero-order valence-corrected chi connectivity index (χ0v) is 12.3. The summed E-state index contributed by atoms with van der Waals surface area (Å²) in [7, 11) is 0. The van der Waals surface area contributed by atoms with Gasteiger partial charge >= 0.3 is 0 Å². The van der Waals surface area contributed by atoms with Gasteiger partial charge in [0.15, 0.2) is 0 Å². The first-order valence-corrected chi connectivity index (χ1v) is 7.08. The Hall–Kier alpha value is -1.75. The average molecular weight is 272 g/mol. The van der Waals surface area contributed by atoms with Crippen LogP contribution in [0.2, 0.25) is 0 Å². The Balaban J connectivity index is 1.75. The summed E-state index contributed by atoms with van der Waals surface area (Å²) in [6.45, 7) is 9.02. The van der Waals surface area contributed by atoms with E-state index in [9.17, 15) is 0 Å². The van der Waals surface area contributed by atoms with Gasteiger partial charge in [-0.1, -0.05) is 5.16 Å². The van der Waals surface area contributed by atoms with Crippen LogP contribution in [-0.4, -0.2) is 33.1 Å². The Morgan fingerprint density at radius 3 is 2.65 bits per heavy atom. The predicted octanol–water partition coefficient (Wildman–Crippen LogP) is 1.99. The first-order chi connectivity index (χ1) is 9.65. The van der Waals surface area contributed by atoms with E-state index in [0.717, 1.165) is 49.6 Å². The van der Waals surface area contributed by atoms with Gasteiger partial charge in [-0.3, -0.25) is 4.90 Å². The zero-order chi connectivity index (χ0) is 14.1. The zero-order valence-electron chi connectivity index (χ0n) is 12.3. The Bertz CT molecular complexity index is 601.